The number of benzene rings is 24. The van der Waals surface area contributed by atoms with Crippen LogP contribution in [0.4, 0.5) is 0 Å². The van der Waals surface area contributed by atoms with Crippen molar-refractivity contribution in [3.8, 4) is 106 Å². The third-order valence-corrected chi connectivity index (χ3v) is 26.6. The molecule has 0 spiro atoms. The van der Waals surface area contributed by atoms with Crippen LogP contribution in [0.1, 0.15) is 5.56 Å². The minimum atomic E-state index is 0.664. The lowest BCUT2D eigenvalue weighted by atomic mass is 9.84. The molecule has 0 aliphatic carbocycles. The molecular formula is C127H81N3. The Morgan fingerprint density at radius 1 is 0.146 bits per heavy atom. The average molecular weight is 1650 g/mol. The third-order valence-electron chi connectivity index (χ3n) is 26.6. The van der Waals surface area contributed by atoms with Crippen molar-refractivity contribution in [2.75, 3.05) is 0 Å². The minimum absolute atomic E-state index is 0.664. The molecule has 3 nitrogen and oxygen atoms in total. The van der Waals surface area contributed by atoms with Crippen LogP contribution in [0.2, 0.25) is 0 Å². The lowest BCUT2D eigenvalue weighted by Crippen LogP contribution is -1.94. The van der Waals surface area contributed by atoms with Crippen LogP contribution in [0.5, 0.6) is 0 Å². The van der Waals surface area contributed by atoms with Crippen molar-refractivity contribution >= 4 is 141 Å². The van der Waals surface area contributed by atoms with Crippen molar-refractivity contribution in [1.82, 2.24) is 9.13 Å². The van der Waals surface area contributed by atoms with Crippen molar-refractivity contribution in [1.29, 1.82) is 5.26 Å². The standard InChI is InChI=1S/C44H28.C43H27N3.C40H26/c1-2-13-30(14-3-1)43-36-18-8-10-20-38(36)44(39-21-11-9-19-37(39)43)32-24-22-31(23-25-32)42-35-17-7-5-15-33(35)28-41-34-16-6-4-12-29(34)26-27-40(41)42;44-28-29-17-19-30(20-18-29)31-9-8-12-35(25-31)46-40-15-6-4-13-36(40)38-23-21-33(27-43(38)46)32-22-24-42-39(26-32)37-14-5-7-16-41(37)45(42)34-10-2-1-3-11-34;1-2-12-31-26-32(25-22-27(31)10-1)28-20-23-30(24-21-28)39-35-15-5-7-17-37(35)40(38-18-8-6-16-36(38)39)34-19-9-13-29-11-3-4-14-33(29)34/h1-28H;1-27H;1-26H. The number of aromatic nitrogens is 2. The van der Waals surface area contributed by atoms with E-state index in [1.54, 1.807) is 0 Å². The van der Waals surface area contributed by atoms with Gasteiger partial charge in [0.1, 0.15) is 0 Å². The zero-order valence-electron chi connectivity index (χ0n) is 71.1. The van der Waals surface area contributed by atoms with Gasteiger partial charge in [-0.05, 0) is 265 Å². The van der Waals surface area contributed by atoms with Gasteiger partial charge in [-0.15, -0.1) is 0 Å². The molecule has 0 saturated heterocycles. The second-order valence-corrected chi connectivity index (χ2v) is 33.9. The summed E-state index contributed by atoms with van der Waals surface area (Å²) in [6, 6.07) is 180. The molecule has 2 aromatic heterocycles. The van der Waals surface area contributed by atoms with E-state index >= 15 is 0 Å². The van der Waals surface area contributed by atoms with Gasteiger partial charge in [0.25, 0.3) is 0 Å². The molecule has 0 N–H and O–H groups in total. The Kier molecular flexibility index (Phi) is 19.0. The van der Waals surface area contributed by atoms with E-state index in [-0.39, 0.29) is 0 Å². The number of rotatable bonds is 10. The first-order valence-corrected chi connectivity index (χ1v) is 44.6. The summed E-state index contributed by atoms with van der Waals surface area (Å²) in [4.78, 5) is 0. The highest BCUT2D eigenvalue weighted by Gasteiger charge is 2.23. The zero-order chi connectivity index (χ0) is 86.1. The van der Waals surface area contributed by atoms with Crippen LogP contribution >= 0.6 is 0 Å². The molecule has 0 atom stereocenters. The van der Waals surface area contributed by atoms with E-state index in [9.17, 15) is 5.26 Å². The zero-order valence-corrected chi connectivity index (χ0v) is 71.1. The van der Waals surface area contributed by atoms with Gasteiger partial charge in [-0.1, -0.05) is 413 Å². The van der Waals surface area contributed by atoms with Gasteiger partial charge in [0, 0.05) is 32.9 Å². The molecule has 0 amide bonds. The SMILES string of the molecule is N#Cc1ccc(-c2cccc(-n3c4ccccc4c4ccc(-c5ccc6c(c5)c5ccccc5n6-c5ccccc5)cc43)c2)cc1.c1ccc(-c2c3ccccc3c(-c3ccc(-c4c5ccccc5cc5c4ccc4ccccc45)cc3)c3ccccc23)cc1.c1ccc2cc(-c3ccc(-c4c5ccccc5c(-c5cccc6ccccc56)c5ccccc45)cc3)ccc2c1. The molecule has 3 heteroatoms. The van der Waals surface area contributed by atoms with Gasteiger partial charge in [-0.2, -0.15) is 5.26 Å². The Morgan fingerprint density at radius 3 is 1.06 bits per heavy atom. The first-order chi connectivity index (χ1) is 64.5. The highest BCUT2D eigenvalue weighted by atomic mass is 15.0. The van der Waals surface area contributed by atoms with Gasteiger partial charge in [0.2, 0.25) is 0 Å². The summed E-state index contributed by atoms with van der Waals surface area (Å²) in [6.07, 6.45) is 0. The average Bonchev–Trinajstić information content (AvgIpc) is 1.43. The number of fused-ring (bicyclic) bond motifs is 16. The van der Waals surface area contributed by atoms with Crippen molar-refractivity contribution in [3.63, 3.8) is 0 Å². The lowest BCUT2D eigenvalue weighted by Gasteiger charge is -2.19. The molecule has 0 radical (unpaired) electrons. The molecule has 24 aromatic carbocycles. The fourth-order valence-corrected chi connectivity index (χ4v) is 20.7. The largest absolute Gasteiger partial charge is 0.309 e. The minimum Gasteiger partial charge on any atom is -0.309 e. The number of nitriles is 1. The van der Waals surface area contributed by atoms with Crippen LogP contribution in [0.15, 0.2) is 491 Å². The molecule has 0 fully saturated rings. The summed E-state index contributed by atoms with van der Waals surface area (Å²) in [6.45, 7) is 0. The highest BCUT2D eigenvalue weighted by molar-refractivity contribution is 6.26. The number of hydrogen-bond donors (Lipinski definition) is 0. The number of hydrogen-bond acceptors (Lipinski definition) is 1. The Morgan fingerprint density at radius 2 is 0.477 bits per heavy atom. The number of nitrogens with zero attached hydrogens (tertiary/aromatic N) is 3. The molecule has 604 valence electrons. The maximum absolute atomic E-state index is 9.27. The second kappa shape index (κ2) is 32.4. The smallest absolute Gasteiger partial charge is 0.0991 e. The molecule has 0 aliphatic heterocycles. The maximum atomic E-state index is 9.27. The third kappa shape index (κ3) is 13.3. The molecular weight excluding hydrogens is 1570 g/mol. The summed E-state index contributed by atoms with van der Waals surface area (Å²) in [5, 5.41) is 37.3. The summed E-state index contributed by atoms with van der Waals surface area (Å²) >= 11 is 0. The van der Waals surface area contributed by atoms with Crippen LogP contribution in [-0.2, 0) is 0 Å². The predicted molar refractivity (Wildman–Crippen MR) is 554 cm³/mol. The molecule has 0 aliphatic rings. The van der Waals surface area contributed by atoms with Crippen molar-refractivity contribution in [3.05, 3.63) is 497 Å². The Hall–Kier alpha value is -17.3. The fourth-order valence-electron chi connectivity index (χ4n) is 20.7. The highest BCUT2D eigenvalue weighted by Crippen LogP contribution is 2.50. The summed E-state index contributed by atoms with van der Waals surface area (Å²) in [5.74, 6) is 0. The van der Waals surface area contributed by atoms with Crippen LogP contribution in [0, 0.1) is 11.3 Å². The van der Waals surface area contributed by atoms with E-state index in [1.165, 1.54) is 218 Å². The molecule has 26 rings (SSSR count). The van der Waals surface area contributed by atoms with Gasteiger partial charge >= 0.3 is 0 Å². The van der Waals surface area contributed by atoms with E-state index in [2.05, 4.69) is 482 Å². The van der Waals surface area contributed by atoms with Crippen LogP contribution in [-0.4, -0.2) is 9.13 Å². The van der Waals surface area contributed by atoms with Crippen LogP contribution < -0.4 is 0 Å². The summed E-state index contributed by atoms with van der Waals surface area (Å²) in [5.41, 5.74) is 27.4. The summed E-state index contributed by atoms with van der Waals surface area (Å²) < 4.78 is 4.73. The molecule has 2 heterocycles. The van der Waals surface area contributed by atoms with Gasteiger partial charge in [0.05, 0.1) is 33.7 Å². The van der Waals surface area contributed by atoms with Gasteiger partial charge in [-0.3, -0.25) is 0 Å². The normalized spacial score (nSPS) is 11.5. The van der Waals surface area contributed by atoms with Gasteiger partial charge < -0.3 is 9.13 Å². The van der Waals surface area contributed by atoms with Crippen LogP contribution in [0.3, 0.4) is 0 Å². The predicted octanol–water partition coefficient (Wildman–Crippen LogP) is 34.8. The molecule has 0 unspecified atom stereocenters. The van der Waals surface area contributed by atoms with E-state index in [4.69, 9.17) is 0 Å². The van der Waals surface area contributed by atoms with E-state index in [0.717, 1.165) is 22.5 Å². The van der Waals surface area contributed by atoms with Crippen LogP contribution in [0.25, 0.3) is 241 Å². The van der Waals surface area contributed by atoms with E-state index < -0.39 is 0 Å². The molecule has 0 saturated carbocycles. The maximum Gasteiger partial charge on any atom is 0.0991 e. The fraction of sp³-hybridized carbons (Fsp3) is 0. The second-order valence-electron chi connectivity index (χ2n) is 33.9. The molecule has 130 heavy (non-hydrogen) atoms. The quantitative estimate of drug-likeness (QED) is 0.0992. The Bertz CT molecular complexity index is 8900. The first-order valence-electron chi connectivity index (χ1n) is 44.6. The van der Waals surface area contributed by atoms with E-state index in [0.29, 0.717) is 5.56 Å². The van der Waals surface area contributed by atoms with Gasteiger partial charge in [0.15, 0.2) is 0 Å². The van der Waals surface area contributed by atoms with Crippen molar-refractivity contribution in [2.45, 2.75) is 0 Å². The summed E-state index contributed by atoms with van der Waals surface area (Å²) in [7, 11) is 0. The number of para-hydroxylation sites is 3. The van der Waals surface area contributed by atoms with Gasteiger partial charge in [-0.25, -0.2) is 0 Å². The van der Waals surface area contributed by atoms with Crippen molar-refractivity contribution < 1.29 is 0 Å². The van der Waals surface area contributed by atoms with E-state index in [1.807, 2.05) is 24.3 Å². The molecule has 26 aromatic rings. The first kappa shape index (κ1) is 76.4. The topological polar surface area (TPSA) is 33.6 Å². The Balaban J connectivity index is 0.000000108. The molecule has 0 bridgehead atoms. The Labute approximate surface area is 753 Å². The monoisotopic (exact) mass is 1650 g/mol. The van der Waals surface area contributed by atoms with Crippen molar-refractivity contribution in [2.24, 2.45) is 0 Å². The lowest BCUT2D eigenvalue weighted by molar-refractivity contribution is 1.18.